The van der Waals surface area contributed by atoms with E-state index in [1.807, 2.05) is 18.3 Å². The average molecular weight is 519 g/mol. The number of fused-ring (bicyclic) bond motifs is 2. The number of aromatic nitrogens is 2. The summed E-state index contributed by atoms with van der Waals surface area (Å²) in [5.74, 6) is -0.390. The molecule has 0 unspecified atom stereocenters. The summed E-state index contributed by atoms with van der Waals surface area (Å²) in [4.78, 5) is 39.9. The maximum absolute atomic E-state index is 13.4. The summed E-state index contributed by atoms with van der Waals surface area (Å²) in [6, 6.07) is 8.73. The zero-order valence-corrected chi connectivity index (χ0v) is 22.5. The monoisotopic (exact) mass is 518 g/mol. The first-order chi connectivity index (χ1) is 17.8. The third-order valence-corrected chi connectivity index (χ3v) is 9.87. The van der Waals surface area contributed by atoms with Crippen LogP contribution < -0.4 is 11.1 Å². The Morgan fingerprint density at radius 3 is 2.78 bits per heavy atom. The fourth-order valence-corrected chi connectivity index (χ4v) is 7.57. The number of thiazole rings is 1. The highest BCUT2D eigenvalue weighted by Gasteiger charge is 2.56. The topological polar surface area (TPSA) is 104 Å². The maximum atomic E-state index is 13.4. The summed E-state index contributed by atoms with van der Waals surface area (Å²) in [5, 5.41) is 3.99. The Hall–Kier alpha value is -3.04. The molecule has 1 saturated carbocycles. The highest BCUT2D eigenvalue weighted by molar-refractivity contribution is 7.18. The van der Waals surface area contributed by atoms with E-state index in [1.54, 1.807) is 11.0 Å². The first-order valence-corrected chi connectivity index (χ1v) is 14.1. The normalized spacial score (nSPS) is 27.3. The van der Waals surface area contributed by atoms with Crippen molar-refractivity contribution < 1.29 is 9.59 Å². The predicted octanol–water partition coefficient (Wildman–Crippen LogP) is 4.12. The first-order valence-electron chi connectivity index (χ1n) is 13.2. The number of carbonyl (C=O) groups excluding carboxylic acids is 2. The van der Waals surface area contributed by atoms with Gasteiger partial charge in [0.25, 0.3) is 0 Å². The van der Waals surface area contributed by atoms with Crippen molar-refractivity contribution in [3.05, 3.63) is 46.6 Å². The van der Waals surface area contributed by atoms with Crippen LogP contribution in [0.2, 0.25) is 0 Å². The molecule has 3 aromatic rings. The van der Waals surface area contributed by atoms with Gasteiger partial charge in [-0.05, 0) is 74.4 Å². The second-order valence-corrected chi connectivity index (χ2v) is 12.3. The lowest BCUT2D eigenvalue weighted by molar-refractivity contribution is -0.146. The Labute approximate surface area is 221 Å². The number of likely N-dealkylation sites (tertiary alicyclic amines) is 1. The van der Waals surface area contributed by atoms with E-state index in [0.29, 0.717) is 36.4 Å². The highest BCUT2D eigenvalue weighted by atomic mass is 32.1. The molecule has 1 aliphatic carbocycles. The summed E-state index contributed by atoms with van der Waals surface area (Å²) < 4.78 is 1.19. The molecule has 37 heavy (non-hydrogen) atoms. The number of likely N-dealkylation sites (N-methyl/N-ethyl adjacent to an activating group) is 1. The molecule has 4 fully saturated rings. The molecule has 5 heterocycles. The van der Waals surface area contributed by atoms with Crippen LogP contribution in [0.25, 0.3) is 10.2 Å². The molecule has 2 amide bonds. The van der Waals surface area contributed by atoms with E-state index in [-0.39, 0.29) is 11.5 Å². The molecular formula is C28H34N6O2S. The molecule has 0 radical (unpaired) electrons. The third-order valence-electron chi connectivity index (χ3n) is 8.59. The molecule has 8 nitrogen and oxygen atoms in total. The lowest BCUT2D eigenvalue weighted by atomic mass is 9.71. The molecule has 3 saturated heterocycles. The molecule has 3 aliphatic heterocycles. The van der Waals surface area contributed by atoms with Crippen molar-refractivity contribution in [2.45, 2.75) is 63.5 Å². The molecule has 4 aliphatic rings. The summed E-state index contributed by atoms with van der Waals surface area (Å²) >= 11 is 1.81. The molecule has 2 aromatic heterocycles. The number of benzene rings is 1. The quantitative estimate of drug-likeness (QED) is 0.504. The molecule has 3 N–H and O–H groups in total. The van der Waals surface area contributed by atoms with Gasteiger partial charge in [0.1, 0.15) is 10.8 Å². The van der Waals surface area contributed by atoms with Gasteiger partial charge in [0, 0.05) is 24.5 Å². The number of hydrogen-bond donors (Lipinski definition) is 2. The lowest BCUT2D eigenvalue weighted by Gasteiger charge is -2.38. The van der Waals surface area contributed by atoms with Crippen molar-refractivity contribution in [3.63, 3.8) is 0 Å². The molecule has 9 heteroatoms. The number of nitrogens with zero attached hydrogens (tertiary/aromatic N) is 4. The molecule has 2 bridgehead atoms. The number of aryl methyl sites for hydroxylation is 1. The van der Waals surface area contributed by atoms with E-state index in [2.05, 4.69) is 47.4 Å². The highest BCUT2D eigenvalue weighted by Crippen LogP contribution is 2.54. The smallest absolute Gasteiger partial charge is 0.313 e. The number of piperidine rings is 1. The summed E-state index contributed by atoms with van der Waals surface area (Å²) in [6.45, 7) is 5.74. The minimum absolute atomic E-state index is 0.149. The fraction of sp³-hybridized carbons (Fsp3) is 0.500. The van der Waals surface area contributed by atoms with Gasteiger partial charge in [0.2, 0.25) is 0 Å². The molecule has 0 spiro atoms. The maximum Gasteiger partial charge on any atom is 0.313 e. The van der Waals surface area contributed by atoms with E-state index in [9.17, 15) is 9.59 Å². The molecule has 7 rings (SSSR count). The van der Waals surface area contributed by atoms with Crippen LogP contribution in [-0.4, -0.2) is 57.8 Å². The van der Waals surface area contributed by atoms with Crippen molar-refractivity contribution in [3.8, 4) is 0 Å². The second kappa shape index (κ2) is 9.06. The Kier molecular flexibility index (Phi) is 5.95. The summed E-state index contributed by atoms with van der Waals surface area (Å²) in [5.41, 5.74) is 9.48. The van der Waals surface area contributed by atoms with Crippen LogP contribution in [0.15, 0.2) is 30.5 Å². The van der Waals surface area contributed by atoms with E-state index in [1.165, 1.54) is 28.7 Å². The largest absolute Gasteiger partial charge is 0.383 e. The van der Waals surface area contributed by atoms with Gasteiger partial charge < -0.3 is 20.9 Å². The van der Waals surface area contributed by atoms with Gasteiger partial charge in [-0.25, -0.2) is 9.97 Å². The molecule has 1 aromatic carbocycles. The number of hydrogen-bond acceptors (Lipinski definition) is 7. The van der Waals surface area contributed by atoms with E-state index >= 15 is 0 Å². The van der Waals surface area contributed by atoms with Crippen LogP contribution in [0.5, 0.6) is 0 Å². The van der Waals surface area contributed by atoms with Crippen molar-refractivity contribution >= 4 is 44.9 Å². The van der Waals surface area contributed by atoms with Gasteiger partial charge in [-0.1, -0.05) is 19.9 Å². The molecule has 2 atom stereocenters. The number of carbonyl (C=O) groups is 2. The van der Waals surface area contributed by atoms with Crippen LogP contribution in [0.4, 0.5) is 11.5 Å². The number of pyridine rings is 1. The number of nitrogens with one attached hydrogen (secondary N) is 1. The van der Waals surface area contributed by atoms with Crippen molar-refractivity contribution in [1.82, 2.24) is 19.8 Å². The van der Waals surface area contributed by atoms with Crippen LogP contribution in [0, 0.1) is 5.92 Å². The van der Waals surface area contributed by atoms with E-state index in [4.69, 9.17) is 10.7 Å². The average Bonchev–Trinajstić information content (AvgIpc) is 3.54. The minimum atomic E-state index is -0.645. The number of nitrogen functional groups attached to an aromatic ring is 1. The molecule has 194 valence electrons. The Bertz CT molecular complexity index is 1380. The van der Waals surface area contributed by atoms with Crippen molar-refractivity contribution in [2.75, 3.05) is 31.2 Å². The number of anilines is 2. The summed E-state index contributed by atoms with van der Waals surface area (Å²) in [7, 11) is 2.21. The molecular weight excluding hydrogens is 484 g/mol. The van der Waals surface area contributed by atoms with Gasteiger partial charge in [-0.2, -0.15) is 0 Å². The lowest BCUT2D eigenvalue weighted by Crippen LogP contribution is -2.46. The fourth-order valence-electron chi connectivity index (χ4n) is 6.42. The van der Waals surface area contributed by atoms with Crippen LogP contribution in [-0.2, 0) is 21.4 Å². The van der Waals surface area contributed by atoms with Crippen molar-refractivity contribution in [1.29, 1.82) is 0 Å². The van der Waals surface area contributed by atoms with Crippen LogP contribution in [0.1, 0.15) is 61.7 Å². The van der Waals surface area contributed by atoms with Crippen molar-refractivity contribution in [2.24, 2.45) is 5.92 Å². The zero-order chi connectivity index (χ0) is 25.9. The standard InChI is InChI=1S/C28H34N6O2S/c1-4-17-9-19(13-30-24(17)29)31-25(35)26(36)34-14-16(2)5-7-22(34)18-6-8-23-21(10-18)32-27(37-23)28-11-20(12-28)33(3)15-28/h6,8-10,13,16,20,22H,4-5,7,11-12,14-15H2,1-3H3,(H2,29,30)(H,31,35)/t16-,20?,22+,28?/m0/s1. The van der Waals surface area contributed by atoms with Gasteiger partial charge in [0.05, 0.1) is 28.1 Å². The number of rotatable bonds is 4. The Morgan fingerprint density at radius 2 is 2.05 bits per heavy atom. The number of amides is 2. The second-order valence-electron chi connectivity index (χ2n) is 11.2. The Morgan fingerprint density at radius 1 is 1.24 bits per heavy atom. The first kappa shape index (κ1) is 24.3. The third kappa shape index (κ3) is 4.18. The Balaban J connectivity index is 1.24. The predicted molar refractivity (Wildman–Crippen MR) is 146 cm³/mol. The summed E-state index contributed by atoms with van der Waals surface area (Å²) in [6.07, 6.45) is 6.43. The van der Waals surface area contributed by atoms with E-state index in [0.717, 1.165) is 36.0 Å². The van der Waals surface area contributed by atoms with Gasteiger partial charge in [0.15, 0.2) is 0 Å². The van der Waals surface area contributed by atoms with E-state index < -0.39 is 11.8 Å². The SMILES string of the molecule is CCc1cc(NC(=O)C(=O)N2C[C@@H](C)CC[C@@H]2c2ccc3sc(C45CC(C4)N(C)C5)nc3c2)cnc1N. The zero-order valence-electron chi connectivity index (χ0n) is 21.7. The van der Waals surface area contributed by atoms with Crippen LogP contribution in [0.3, 0.4) is 0 Å². The van der Waals surface area contributed by atoms with Gasteiger partial charge in [-0.3, -0.25) is 9.59 Å². The van der Waals surface area contributed by atoms with Gasteiger partial charge >= 0.3 is 11.8 Å². The minimum Gasteiger partial charge on any atom is -0.383 e. The number of nitrogens with two attached hydrogens (primary N) is 1. The van der Waals surface area contributed by atoms with Gasteiger partial charge in [-0.15, -0.1) is 11.3 Å². The van der Waals surface area contributed by atoms with Crippen LogP contribution >= 0.6 is 11.3 Å².